The molecule has 0 aliphatic carbocycles. The number of hydrogen-bond acceptors (Lipinski definition) is 3. The Hall–Kier alpha value is -1.88. The summed E-state index contributed by atoms with van der Waals surface area (Å²) in [7, 11) is 0. The van der Waals surface area contributed by atoms with Gasteiger partial charge in [0.05, 0.1) is 11.0 Å². The first-order valence-electron chi connectivity index (χ1n) is 7.31. The molecule has 114 valence electrons. The molecule has 0 saturated carbocycles. The smallest absolute Gasteiger partial charge is 0.243 e. The van der Waals surface area contributed by atoms with Gasteiger partial charge in [0, 0.05) is 12.1 Å². The molecule has 1 N–H and O–H groups in total. The van der Waals surface area contributed by atoms with Crippen LogP contribution in [0.1, 0.15) is 33.5 Å². The first-order chi connectivity index (χ1) is 9.95. The van der Waals surface area contributed by atoms with E-state index in [1.54, 1.807) is 4.57 Å². The predicted molar refractivity (Wildman–Crippen MR) is 82.8 cm³/mol. The van der Waals surface area contributed by atoms with Crippen LogP contribution in [0, 0.1) is 0 Å². The molecule has 2 rings (SSSR count). The van der Waals surface area contributed by atoms with Crippen molar-refractivity contribution in [1.29, 1.82) is 0 Å². The minimum atomic E-state index is -0.175. The summed E-state index contributed by atoms with van der Waals surface area (Å²) in [5.74, 6) is 0.565. The molecule has 0 aliphatic rings. The Kier molecular flexibility index (Phi) is 4.63. The number of hydrogen-bond donors (Lipinski definition) is 1. The average Bonchev–Trinajstić information content (AvgIpc) is 2.76. The molecular formula is C16H23N3O2. The van der Waals surface area contributed by atoms with Crippen molar-refractivity contribution < 1.29 is 9.90 Å². The summed E-state index contributed by atoms with van der Waals surface area (Å²) in [5.41, 5.74) is 1.68. The molecule has 0 unspecified atom stereocenters. The number of carbonyl (C=O) groups is 1. The highest BCUT2D eigenvalue weighted by Gasteiger charge is 2.22. The maximum atomic E-state index is 12.6. The predicted octanol–water partition coefficient (Wildman–Crippen LogP) is 2.17. The lowest BCUT2D eigenvalue weighted by Crippen LogP contribution is -2.43. The van der Waals surface area contributed by atoms with Gasteiger partial charge in [-0.2, -0.15) is 0 Å². The van der Waals surface area contributed by atoms with E-state index in [0.717, 1.165) is 11.0 Å². The van der Waals surface area contributed by atoms with Crippen LogP contribution in [0.3, 0.4) is 0 Å². The number of aromatic nitrogens is 2. The van der Waals surface area contributed by atoms with Gasteiger partial charge in [-0.3, -0.25) is 4.79 Å². The van der Waals surface area contributed by atoms with E-state index in [9.17, 15) is 9.90 Å². The SMILES string of the molecule is CC(C)N(C(=O)Cn1c(CO)nc2ccccc21)C(C)C. The highest BCUT2D eigenvalue weighted by atomic mass is 16.3. The molecule has 0 fully saturated rings. The summed E-state index contributed by atoms with van der Waals surface area (Å²) >= 11 is 0. The zero-order valence-corrected chi connectivity index (χ0v) is 13.1. The second-order valence-electron chi connectivity index (χ2n) is 5.75. The van der Waals surface area contributed by atoms with Crippen LogP contribution in [-0.4, -0.2) is 37.5 Å². The fourth-order valence-electron chi connectivity index (χ4n) is 2.81. The molecule has 0 spiro atoms. The van der Waals surface area contributed by atoms with Crippen LogP contribution in [-0.2, 0) is 17.9 Å². The molecule has 0 aliphatic heterocycles. The average molecular weight is 289 g/mol. The van der Waals surface area contributed by atoms with Crippen molar-refractivity contribution in [2.45, 2.75) is 52.9 Å². The van der Waals surface area contributed by atoms with E-state index >= 15 is 0 Å². The van der Waals surface area contributed by atoms with Crippen molar-refractivity contribution in [3.63, 3.8) is 0 Å². The second kappa shape index (κ2) is 6.26. The first-order valence-corrected chi connectivity index (χ1v) is 7.31. The van der Waals surface area contributed by atoms with Crippen molar-refractivity contribution in [2.24, 2.45) is 0 Å². The van der Waals surface area contributed by atoms with Crippen LogP contribution < -0.4 is 0 Å². The number of amides is 1. The first kappa shape index (κ1) is 15.5. The number of para-hydroxylation sites is 2. The Balaban J connectivity index is 2.36. The molecule has 0 radical (unpaired) electrons. The number of fused-ring (bicyclic) bond motifs is 1. The lowest BCUT2D eigenvalue weighted by molar-refractivity contribution is -0.135. The second-order valence-corrected chi connectivity index (χ2v) is 5.75. The summed E-state index contributed by atoms with van der Waals surface area (Å²) in [5, 5.41) is 9.48. The van der Waals surface area contributed by atoms with E-state index in [2.05, 4.69) is 4.98 Å². The van der Waals surface area contributed by atoms with Gasteiger partial charge >= 0.3 is 0 Å². The van der Waals surface area contributed by atoms with Gasteiger partial charge in [0.2, 0.25) is 5.91 Å². The Morgan fingerprint density at radius 3 is 2.43 bits per heavy atom. The lowest BCUT2D eigenvalue weighted by Gasteiger charge is -2.31. The van der Waals surface area contributed by atoms with E-state index < -0.39 is 0 Å². The number of nitrogens with zero attached hydrogens (tertiary/aromatic N) is 3. The minimum Gasteiger partial charge on any atom is -0.388 e. The standard InChI is InChI=1S/C16H23N3O2/c1-11(2)19(12(3)4)16(21)9-18-14-8-6-5-7-13(14)17-15(18)10-20/h5-8,11-12,20H,9-10H2,1-4H3. The van der Waals surface area contributed by atoms with E-state index in [0.29, 0.717) is 5.82 Å². The third-order valence-electron chi connectivity index (χ3n) is 3.57. The van der Waals surface area contributed by atoms with Crippen LogP contribution in [0.15, 0.2) is 24.3 Å². The number of aliphatic hydroxyl groups is 1. The Bertz CT molecular complexity index is 623. The zero-order valence-electron chi connectivity index (χ0n) is 13.1. The van der Waals surface area contributed by atoms with Crippen LogP contribution >= 0.6 is 0 Å². The molecule has 1 heterocycles. The molecule has 1 amide bonds. The molecule has 1 aromatic heterocycles. The Morgan fingerprint density at radius 2 is 1.86 bits per heavy atom. The van der Waals surface area contributed by atoms with Crippen molar-refractivity contribution in [3.05, 3.63) is 30.1 Å². The fraction of sp³-hybridized carbons (Fsp3) is 0.500. The van der Waals surface area contributed by atoms with Gasteiger partial charge in [-0.15, -0.1) is 0 Å². The minimum absolute atomic E-state index is 0.0397. The summed E-state index contributed by atoms with van der Waals surface area (Å²) in [6.45, 7) is 8.07. The van der Waals surface area contributed by atoms with E-state index in [4.69, 9.17) is 0 Å². The molecule has 5 heteroatoms. The number of rotatable bonds is 5. The van der Waals surface area contributed by atoms with Crippen LogP contribution in [0.25, 0.3) is 11.0 Å². The number of imidazole rings is 1. The zero-order chi connectivity index (χ0) is 15.6. The molecule has 0 bridgehead atoms. The normalized spacial score (nSPS) is 11.6. The van der Waals surface area contributed by atoms with Gasteiger partial charge in [0.1, 0.15) is 19.0 Å². The Morgan fingerprint density at radius 1 is 1.24 bits per heavy atom. The van der Waals surface area contributed by atoms with Crippen molar-refractivity contribution >= 4 is 16.9 Å². The van der Waals surface area contributed by atoms with Crippen molar-refractivity contribution in [3.8, 4) is 0 Å². The van der Waals surface area contributed by atoms with Gasteiger partial charge in [0.15, 0.2) is 0 Å². The van der Waals surface area contributed by atoms with Crippen LogP contribution in [0.2, 0.25) is 0 Å². The maximum absolute atomic E-state index is 12.6. The summed E-state index contributed by atoms with van der Waals surface area (Å²) < 4.78 is 1.80. The summed E-state index contributed by atoms with van der Waals surface area (Å²) in [6.07, 6.45) is 0. The number of benzene rings is 1. The summed E-state index contributed by atoms with van der Waals surface area (Å²) in [6, 6.07) is 7.91. The quantitative estimate of drug-likeness (QED) is 0.917. The molecule has 0 atom stereocenters. The molecule has 2 aromatic rings. The van der Waals surface area contributed by atoms with Gasteiger partial charge in [0.25, 0.3) is 0 Å². The Labute approximate surface area is 125 Å². The monoisotopic (exact) mass is 289 g/mol. The fourth-order valence-corrected chi connectivity index (χ4v) is 2.81. The van der Waals surface area contributed by atoms with E-state index in [1.807, 2.05) is 56.9 Å². The van der Waals surface area contributed by atoms with E-state index in [-0.39, 0.29) is 31.1 Å². The maximum Gasteiger partial charge on any atom is 0.243 e. The van der Waals surface area contributed by atoms with E-state index in [1.165, 1.54) is 0 Å². The van der Waals surface area contributed by atoms with Crippen LogP contribution in [0.4, 0.5) is 0 Å². The number of aliphatic hydroxyl groups excluding tert-OH is 1. The van der Waals surface area contributed by atoms with Gasteiger partial charge in [-0.05, 0) is 39.8 Å². The van der Waals surface area contributed by atoms with Gasteiger partial charge in [-0.1, -0.05) is 12.1 Å². The molecule has 0 saturated heterocycles. The van der Waals surface area contributed by atoms with Crippen molar-refractivity contribution in [1.82, 2.24) is 14.5 Å². The van der Waals surface area contributed by atoms with Gasteiger partial charge < -0.3 is 14.6 Å². The molecule has 1 aromatic carbocycles. The molecular weight excluding hydrogens is 266 g/mol. The third-order valence-corrected chi connectivity index (χ3v) is 3.57. The highest BCUT2D eigenvalue weighted by molar-refractivity contribution is 5.81. The van der Waals surface area contributed by atoms with Crippen molar-refractivity contribution in [2.75, 3.05) is 0 Å². The lowest BCUT2D eigenvalue weighted by atomic mass is 10.2. The molecule has 5 nitrogen and oxygen atoms in total. The van der Waals surface area contributed by atoms with Gasteiger partial charge in [-0.25, -0.2) is 4.98 Å². The summed E-state index contributed by atoms with van der Waals surface area (Å²) in [4.78, 5) is 18.8. The largest absolute Gasteiger partial charge is 0.388 e. The van der Waals surface area contributed by atoms with Crippen LogP contribution in [0.5, 0.6) is 0 Å². The number of carbonyl (C=O) groups excluding carboxylic acids is 1. The third kappa shape index (κ3) is 3.08. The molecule has 21 heavy (non-hydrogen) atoms. The topological polar surface area (TPSA) is 58.4 Å². The highest BCUT2D eigenvalue weighted by Crippen LogP contribution is 2.17.